The normalized spacial score (nSPS) is 15.0. The van der Waals surface area contributed by atoms with Gasteiger partial charge in [0.1, 0.15) is 11.3 Å². The number of aromatic nitrogens is 2. The first kappa shape index (κ1) is 23.9. The van der Waals surface area contributed by atoms with Gasteiger partial charge in [0, 0.05) is 42.9 Å². The van der Waals surface area contributed by atoms with E-state index in [9.17, 15) is 4.79 Å². The second-order valence-corrected chi connectivity index (χ2v) is 8.71. The number of fused-ring (bicyclic) bond motifs is 3. The number of pyridine rings is 1. The Labute approximate surface area is 195 Å². The van der Waals surface area contributed by atoms with Crippen LogP contribution in [0.15, 0.2) is 18.3 Å². The van der Waals surface area contributed by atoms with Crippen LogP contribution >= 0.6 is 0 Å². The van der Waals surface area contributed by atoms with E-state index in [4.69, 9.17) is 14.6 Å². The molecule has 0 fully saturated rings. The molecular formula is C24H28F2N4O4. The van der Waals surface area contributed by atoms with Gasteiger partial charge in [0.25, 0.3) is 0 Å². The number of aromatic amines is 1. The number of benzene rings is 1. The summed E-state index contributed by atoms with van der Waals surface area (Å²) >= 11 is 0. The van der Waals surface area contributed by atoms with Crippen molar-refractivity contribution in [3.8, 4) is 11.5 Å². The highest BCUT2D eigenvalue weighted by Crippen LogP contribution is 2.44. The summed E-state index contributed by atoms with van der Waals surface area (Å²) in [5.41, 5.74) is 1.46. The van der Waals surface area contributed by atoms with Gasteiger partial charge in [-0.05, 0) is 31.0 Å². The number of carbonyl (C=O) groups excluding carboxylic acids is 1. The molecular weight excluding hydrogens is 446 g/mol. The number of aliphatic hydroxyl groups is 1. The zero-order chi connectivity index (χ0) is 24.6. The van der Waals surface area contributed by atoms with Gasteiger partial charge in [0.2, 0.25) is 5.91 Å². The molecule has 4 rings (SSSR count). The molecule has 2 aromatic heterocycles. The van der Waals surface area contributed by atoms with Gasteiger partial charge < -0.3 is 29.8 Å². The third kappa shape index (κ3) is 3.86. The second-order valence-electron chi connectivity index (χ2n) is 8.71. The lowest BCUT2D eigenvalue weighted by molar-refractivity contribution is -0.123. The van der Waals surface area contributed by atoms with Crippen LogP contribution in [0.4, 0.5) is 14.5 Å². The monoisotopic (exact) mass is 474 g/mol. The number of aliphatic hydroxyl groups excluding tert-OH is 1. The van der Waals surface area contributed by atoms with Gasteiger partial charge in [-0.15, -0.1) is 0 Å². The Bertz CT molecular complexity index is 1210. The van der Waals surface area contributed by atoms with Crippen molar-refractivity contribution in [1.82, 2.24) is 15.3 Å². The predicted molar refractivity (Wildman–Crippen MR) is 123 cm³/mol. The fourth-order valence-corrected chi connectivity index (χ4v) is 4.57. The molecule has 3 N–H and O–H groups in total. The van der Waals surface area contributed by atoms with Crippen LogP contribution in [0.25, 0.3) is 11.0 Å². The van der Waals surface area contributed by atoms with Crippen LogP contribution in [0.5, 0.6) is 11.5 Å². The Morgan fingerprint density at radius 3 is 2.47 bits per heavy atom. The maximum atomic E-state index is 15.2. The molecule has 0 radical (unpaired) electrons. The van der Waals surface area contributed by atoms with Crippen molar-refractivity contribution >= 4 is 22.6 Å². The summed E-state index contributed by atoms with van der Waals surface area (Å²) in [7, 11) is 2.53. The summed E-state index contributed by atoms with van der Waals surface area (Å²) in [6.07, 6.45) is 2.32. The van der Waals surface area contributed by atoms with Gasteiger partial charge in [-0.25, -0.2) is 13.8 Å². The lowest BCUT2D eigenvalue weighted by atomic mass is 9.76. The maximum Gasteiger partial charge on any atom is 0.237 e. The highest BCUT2D eigenvalue weighted by molar-refractivity contribution is 6.05. The van der Waals surface area contributed by atoms with Crippen molar-refractivity contribution in [2.75, 3.05) is 38.8 Å². The molecule has 0 spiro atoms. The number of amides is 1. The fourth-order valence-electron chi connectivity index (χ4n) is 4.57. The lowest BCUT2D eigenvalue weighted by Gasteiger charge is -2.39. The maximum absolute atomic E-state index is 15.2. The molecule has 1 aliphatic rings. The Morgan fingerprint density at radius 1 is 1.18 bits per heavy atom. The summed E-state index contributed by atoms with van der Waals surface area (Å²) < 4.78 is 40.5. The fraction of sp³-hybridized carbons (Fsp3) is 0.417. The first-order chi connectivity index (χ1) is 16.2. The predicted octanol–water partition coefficient (Wildman–Crippen LogP) is 2.81. The second kappa shape index (κ2) is 9.19. The van der Waals surface area contributed by atoms with E-state index in [1.165, 1.54) is 14.2 Å². The average molecular weight is 475 g/mol. The van der Waals surface area contributed by atoms with Crippen LogP contribution in [-0.2, 0) is 23.2 Å². The summed E-state index contributed by atoms with van der Waals surface area (Å²) in [6.45, 7) is 4.67. The average Bonchev–Trinajstić information content (AvgIpc) is 3.22. The third-order valence-corrected chi connectivity index (χ3v) is 6.21. The van der Waals surface area contributed by atoms with Crippen LogP contribution in [-0.4, -0.2) is 54.9 Å². The van der Waals surface area contributed by atoms with E-state index < -0.39 is 28.6 Å². The molecule has 8 nitrogen and oxygen atoms in total. The molecule has 0 atom stereocenters. The number of rotatable bonds is 8. The summed E-state index contributed by atoms with van der Waals surface area (Å²) in [5, 5.41) is 12.8. The number of carbonyl (C=O) groups is 1. The van der Waals surface area contributed by atoms with E-state index in [-0.39, 0.29) is 24.7 Å². The minimum atomic E-state index is -1.08. The van der Waals surface area contributed by atoms with Crippen molar-refractivity contribution < 1.29 is 28.2 Å². The Hall–Kier alpha value is -3.24. The van der Waals surface area contributed by atoms with Crippen LogP contribution in [0.2, 0.25) is 0 Å². The van der Waals surface area contributed by atoms with Gasteiger partial charge in [0.05, 0.1) is 32.8 Å². The molecule has 0 unspecified atom stereocenters. The molecule has 34 heavy (non-hydrogen) atoms. The molecule has 182 valence electrons. The number of nitrogens with one attached hydrogen (secondary N) is 2. The van der Waals surface area contributed by atoms with Crippen LogP contribution in [0, 0.1) is 11.6 Å². The number of halogens is 2. The minimum Gasteiger partial charge on any atom is -0.493 e. The Balaban J connectivity index is 1.79. The van der Waals surface area contributed by atoms with E-state index in [2.05, 4.69) is 15.3 Å². The quantitative estimate of drug-likeness (QED) is 0.434. The minimum absolute atomic E-state index is 0.0523. The summed E-state index contributed by atoms with van der Waals surface area (Å²) in [6, 6.07) is 3.08. The number of ether oxygens (including phenoxy) is 2. The standard InChI is InChI=1S/C24H28F2N4O4/c1-24(2)18-13(11-28-22-15(18)9-14(29-22)5-6-27-7-8-31)12-30(23(24)32)21-19(25)16(33-3)10-17(34-4)20(21)26/h9-11,27,31H,5-8,12H2,1-4H3,(H,28,29). The molecule has 0 saturated carbocycles. The SMILES string of the molecule is COc1cc(OC)c(F)c(N2Cc3cnc4[nH]c(CCNCCO)cc4c3C(C)(C)C2=O)c1F. The number of hydrogen-bond acceptors (Lipinski definition) is 6. The summed E-state index contributed by atoms with van der Waals surface area (Å²) in [5.74, 6) is -2.83. The number of anilines is 1. The first-order valence-corrected chi connectivity index (χ1v) is 11.0. The molecule has 0 bridgehead atoms. The van der Waals surface area contributed by atoms with E-state index in [1.807, 2.05) is 6.07 Å². The number of H-pyrrole nitrogens is 1. The Morgan fingerprint density at radius 2 is 1.85 bits per heavy atom. The van der Waals surface area contributed by atoms with Crippen molar-refractivity contribution in [1.29, 1.82) is 0 Å². The summed E-state index contributed by atoms with van der Waals surface area (Å²) in [4.78, 5) is 22.5. The smallest absolute Gasteiger partial charge is 0.237 e. The zero-order valence-corrected chi connectivity index (χ0v) is 19.6. The molecule has 0 aliphatic carbocycles. The van der Waals surface area contributed by atoms with Crippen molar-refractivity contribution in [3.63, 3.8) is 0 Å². The van der Waals surface area contributed by atoms with Crippen molar-refractivity contribution in [2.45, 2.75) is 32.2 Å². The molecule has 0 saturated heterocycles. The van der Waals surface area contributed by atoms with Gasteiger partial charge >= 0.3 is 0 Å². The molecule has 3 heterocycles. The third-order valence-electron chi connectivity index (χ3n) is 6.21. The molecule has 3 aromatic rings. The van der Waals surface area contributed by atoms with Gasteiger partial charge in [-0.1, -0.05) is 0 Å². The first-order valence-electron chi connectivity index (χ1n) is 11.0. The molecule has 10 heteroatoms. The van der Waals surface area contributed by atoms with Crippen molar-refractivity contribution in [3.05, 3.63) is 46.8 Å². The van der Waals surface area contributed by atoms with Gasteiger partial charge in [-0.3, -0.25) is 4.79 Å². The Kier molecular flexibility index (Phi) is 6.46. The van der Waals surface area contributed by atoms with Crippen molar-refractivity contribution in [2.24, 2.45) is 0 Å². The molecule has 1 amide bonds. The van der Waals surface area contributed by atoms with E-state index >= 15 is 8.78 Å². The van der Waals surface area contributed by atoms with Crippen LogP contribution < -0.4 is 19.7 Å². The lowest BCUT2D eigenvalue weighted by Crippen LogP contribution is -2.48. The highest BCUT2D eigenvalue weighted by atomic mass is 19.1. The number of nitrogens with zero attached hydrogens (tertiary/aromatic N) is 2. The molecule has 1 aromatic carbocycles. The van der Waals surface area contributed by atoms with Crippen LogP contribution in [0.1, 0.15) is 30.7 Å². The number of hydrogen-bond donors (Lipinski definition) is 3. The zero-order valence-electron chi connectivity index (χ0n) is 19.6. The van der Waals surface area contributed by atoms with Gasteiger partial charge in [-0.2, -0.15) is 0 Å². The van der Waals surface area contributed by atoms with Gasteiger partial charge in [0.15, 0.2) is 23.1 Å². The molecule has 1 aliphatic heterocycles. The van der Waals surface area contributed by atoms with E-state index in [1.54, 1.807) is 20.0 Å². The topological polar surface area (TPSA) is 99.7 Å². The highest BCUT2D eigenvalue weighted by Gasteiger charge is 2.44. The van der Waals surface area contributed by atoms with Crippen LogP contribution in [0.3, 0.4) is 0 Å². The number of methoxy groups -OCH3 is 2. The largest absolute Gasteiger partial charge is 0.493 e. The van der Waals surface area contributed by atoms with E-state index in [0.29, 0.717) is 30.7 Å². The van der Waals surface area contributed by atoms with E-state index in [0.717, 1.165) is 27.6 Å².